The van der Waals surface area contributed by atoms with Crippen LogP contribution in [0.1, 0.15) is 0 Å². The van der Waals surface area contributed by atoms with Crippen LogP contribution in [0, 0.1) is 0 Å². The first kappa shape index (κ1) is 16.7. The van der Waals surface area contributed by atoms with Crippen molar-refractivity contribution < 1.29 is 5.11 Å². The summed E-state index contributed by atoms with van der Waals surface area (Å²) in [5, 5.41) is 13.0. The van der Waals surface area contributed by atoms with Crippen molar-refractivity contribution in [3.63, 3.8) is 0 Å². The van der Waals surface area contributed by atoms with E-state index in [9.17, 15) is 9.90 Å². The summed E-state index contributed by atoms with van der Waals surface area (Å²) in [5.41, 5.74) is 3.65. The molecule has 0 atom stereocenters. The van der Waals surface area contributed by atoms with Crippen LogP contribution in [0.2, 0.25) is 5.02 Å². The van der Waals surface area contributed by atoms with E-state index in [0.29, 0.717) is 21.6 Å². The summed E-state index contributed by atoms with van der Waals surface area (Å²) < 4.78 is 0. The normalized spacial score (nSPS) is 11.3. The number of halogens is 1. The number of rotatable bonds is 2. The number of aromatic amines is 2. The van der Waals surface area contributed by atoms with Crippen LogP contribution in [-0.4, -0.2) is 15.1 Å². The Morgan fingerprint density at radius 3 is 2.32 bits per heavy atom. The van der Waals surface area contributed by atoms with Crippen molar-refractivity contribution >= 4 is 33.4 Å². The molecular formula is C23H15ClN2O2. The molecule has 0 aliphatic heterocycles. The molecule has 5 rings (SSSR count). The summed E-state index contributed by atoms with van der Waals surface area (Å²) >= 11 is 6.03. The van der Waals surface area contributed by atoms with Gasteiger partial charge < -0.3 is 15.1 Å². The Morgan fingerprint density at radius 1 is 0.750 bits per heavy atom. The zero-order valence-corrected chi connectivity index (χ0v) is 15.4. The Morgan fingerprint density at radius 2 is 1.50 bits per heavy atom. The number of nitrogens with one attached hydrogen (secondary N) is 2. The van der Waals surface area contributed by atoms with E-state index in [0.717, 1.165) is 22.0 Å². The van der Waals surface area contributed by atoms with E-state index in [1.54, 1.807) is 18.2 Å². The Labute approximate surface area is 165 Å². The SMILES string of the molecule is O=c1[nH]c2cc(Cl)ccc2c(O)c1-c1[nH]c2ccccc2c1-c1ccccc1. The zero-order valence-electron chi connectivity index (χ0n) is 14.7. The van der Waals surface area contributed by atoms with E-state index in [1.165, 1.54) is 0 Å². The lowest BCUT2D eigenvalue weighted by Crippen LogP contribution is -2.10. The van der Waals surface area contributed by atoms with Crippen molar-refractivity contribution in [3.8, 4) is 28.1 Å². The summed E-state index contributed by atoms with van der Waals surface area (Å²) in [5.74, 6) is -0.0702. The molecule has 5 aromatic rings. The minimum Gasteiger partial charge on any atom is -0.506 e. The number of hydrogen-bond acceptors (Lipinski definition) is 2. The quantitative estimate of drug-likeness (QED) is 0.364. The molecule has 4 nitrogen and oxygen atoms in total. The number of fused-ring (bicyclic) bond motifs is 2. The second kappa shape index (κ2) is 6.29. The number of aromatic hydroxyl groups is 1. The van der Waals surface area contributed by atoms with E-state index in [4.69, 9.17) is 11.6 Å². The average Bonchev–Trinajstić information content (AvgIpc) is 3.07. The maximum Gasteiger partial charge on any atom is 0.261 e. The maximum absolute atomic E-state index is 12.9. The van der Waals surface area contributed by atoms with Gasteiger partial charge in [0.1, 0.15) is 11.3 Å². The van der Waals surface area contributed by atoms with Gasteiger partial charge in [-0.25, -0.2) is 0 Å². The van der Waals surface area contributed by atoms with Crippen LogP contribution in [-0.2, 0) is 0 Å². The molecule has 0 aliphatic carbocycles. The molecule has 0 radical (unpaired) electrons. The van der Waals surface area contributed by atoms with E-state index in [1.807, 2.05) is 54.6 Å². The van der Waals surface area contributed by atoms with Gasteiger partial charge in [0, 0.05) is 26.9 Å². The second-order valence-electron chi connectivity index (χ2n) is 6.65. The molecule has 0 spiro atoms. The number of para-hydroxylation sites is 1. The molecule has 0 saturated heterocycles. The topological polar surface area (TPSA) is 68.9 Å². The predicted molar refractivity (Wildman–Crippen MR) is 114 cm³/mol. The van der Waals surface area contributed by atoms with Crippen LogP contribution >= 0.6 is 11.6 Å². The third kappa shape index (κ3) is 2.50. The molecule has 0 saturated carbocycles. The highest BCUT2D eigenvalue weighted by molar-refractivity contribution is 6.31. The third-order valence-corrected chi connectivity index (χ3v) is 5.20. The molecule has 2 heterocycles. The molecule has 0 fully saturated rings. The first-order valence-electron chi connectivity index (χ1n) is 8.84. The molecule has 3 N–H and O–H groups in total. The van der Waals surface area contributed by atoms with Gasteiger partial charge in [-0.3, -0.25) is 4.79 Å². The predicted octanol–water partition coefficient (Wildman–Crippen LogP) is 5.70. The number of hydrogen-bond donors (Lipinski definition) is 3. The van der Waals surface area contributed by atoms with Crippen molar-refractivity contribution in [2.75, 3.05) is 0 Å². The lowest BCUT2D eigenvalue weighted by atomic mass is 9.98. The fraction of sp³-hybridized carbons (Fsp3) is 0. The Balaban J connectivity index is 1.91. The fourth-order valence-corrected chi connectivity index (χ4v) is 3.89. The zero-order chi connectivity index (χ0) is 19.3. The molecule has 136 valence electrons. The third-order valence-electron chi connectivity index (χ3n) is 4.97. The second-order valence-corrected chi connectivity index (χ2v) is 7.09. The van der Waals surface area contributed by atoms with E-state index >= 15 is 0 Å². The van der Waals surface area contributed by atoms with Crippen molar-refractivity contribution in [1.29, 1.82) is 0 Å². The lowest BCUT2D eigenvalue weighted by molar-refractivity contribution is 0.482. The Bertz CT molecular complexity index is 1400. The molecule has 0 bridgehead atoms. The van der Waals surface area contributed by atoms with Crippen LogP contribution < -0.4 is 5.56 Å². The summed E-state index contributed by atoms with van der Waals surface area (Å²) in [6.45, 7) is 0. The highest BCUT2D eigenvalue weighted by atomic mass is 35.5. The first-order chi connectivity index (χ1) is 13.6. The lowest BCUT2D eigenvalue weighted by Gasteiger charge is -2.09. The molecule has 2 aromatic heterocycles. The van der Waals surface area contributed by atoms with Gasteiger partial charge in [0.25, 0.3) is 5.56 Å². The van der Waals surface area contributed by atoms with Gasteiger partial charge >= 0.3 is 0 Å². The number of aromatic nitrogens is 2. The average molecular weight is 387 g/mol. The highest BCUT2D eigenvalue weighted by Crippen LogP contribution is 2.41. The van der Waals surface area contributed by atoms with Crippen LogP contribution in [0.5, 0.6) is 5.75 Å². The van der Waals surface area contributed by atoms with Crippen molar-refractivity contribution in [2.24, 2.45) is 0 Å². The molecule has 0 amide bonds. The summed E-state index contributed by atoms with van der Waals surface area (Å²) in [6.07, 6.45) is 0. The molecule has 0 unspecified atom stereocenters. The van der Waals surface area contributed by atoms with Crippen molar-refractivity contribution in [3.05, 3.63) is 88.2 Å². The van der Waals surface area contributed by atoms with Crippen molar-refractivity contribution in [1.82, 2.24) is 9.97 Å². The summed E-state index contributed by atoms with van der Waals surface area (Å²) in [7, 11) is 0. The Hall–Kier alpha value is -3.50. The monoisotopic (exact) mass is 386 g/mol. The van der Waals surface area contributed by atoms with Gasteiger partial charge in [-0.2, -0.15) is 0 Å². The van der Waals surface area contributed by atoms with Crippen LogP contribution in [0.15, 0.2) is 77.6 Å². The molecular weight excluding hydrogens is 372 g/mol. The van der Waals surface area contributed by atoms with Gasteiger partial charge in [-0.15, -0.1) is 0 Å². The maximum atomic E-state index is 12.9. The van der Waals surface area contributed by atoms with Gasteiger partial charge in [-0.05, 0) is 29.8 Å². The molecule has 5 heteroatoms. The van der Waals surface area contributed by atoms with Gasteiger partial charge in [0.2, 0.25) is 0 Å². The molecule has 3 aromatic carbocycles. The summed E-state index contributed by atoms with van der Waals surface area (Å²) in [4.78, 5) is 19.1. The molecule has 28 heavy (non-hydrogen) atoms. The van der Waals surface area contributed by atoms with E-state index in [-0.39, 0.29) is 16.9 Å². The van der Waals surface area contributed by atoms with Gasteiger partial charge in [0.05, 0.1) is 11.2 Å². The first-order valence-corrected chi connectivity index (χ1v) is 9.22. The standard InChI is InChI=1S/C23H15ClN2O2/c24-14-10-11-16-18(12-14)26-23(28)20(22(16)27)21-19(13-6-2-1-3-7-13)15-8-4-5-9-17(15)25-21/h1-12,25H,(H2,26,27,28). The van der Waals surface area contributed by atoms with Crippen LogP contribution in [0.3, 0.4) is 0 Å². The van der Waals surface area contributed by atoms with E-state index < -0.39 is 0 Å². The number of benzene rings is 3. The smallest absolute Gasteiger partial charge is 0.261 e. The van der Waals surface area contributed by atoms with Gasteiger partial charge in [-0.1, -0.05) is 60.1 Å². The minimum absolute atomic E-state index is 0.0702. The largest absolute Gasteiger partial charge is 0.506 e. The minimum atomic E-state index is -0.379. The Kier molecular flexibility index (Phi) is 3.74. The van der Waals surface area contributed by atoms with Crippen molar-refractivity contribution in [2.45, 2.75) is 0 Å². The highest BCUT2D eigenvalue weighted by Gasteiger charge is 2.21. The summed E-state index contributed by atoms with van der Waals surface area (Å²) in [6, 6.07) is 22.7. The number of H-pyrrole nitrogens is 2. The van der Waals surface area contributed by atoms with Crippen LogP contribution in [0.4, 0.5) is 0 Å². The van der Waals surface area contributed by atoms with Gasteiger partial charge in [0.15, 0.2) is 0 Å². The fourth-order valence-electron chi connectivity index (χ4n) is 3.72. The van der Waals surface area contributed by atoms with Crippen LogP contribution in [0.25, 0.3) is 44.2 Å². The number of pyridine rings is 1. The molecule has 0 aliphatic rings. The van der Waals surface area contributed by atoms with E-state index in [2.05, 4.69) is 9.97 Å².